The molecule has 13 heteroatoms. The Morgan fingerprint density at radius 1 is 1.02 bits per heavy atom. The fourth-order valence-electron chi connectivity index (χ4n) is 6.17. The maximum atomic E-state index is 14.1. The van der Waals surface area contributed by atoms with Crippen LogP contribution in [0.3, 0.4) is 0 Å². The molecule has 2 aromatic carbocycles. The minimum atomic E-state index is -3.93. The van der Waals surface area contributed by atoms with Gasteiger partial charge < -0.3 is 9.73 Å². The zero-order valence-electron chi connectivity index (χ0n) is 24.5. The number of aryl methyl sites for hydroxylation is 3. The molecule has 46 heavy (non-hydrogen) atoms. The normalized spacial score (nSPS) is 16.8. The topological polar surface area (TPSA) is 105 Å². The summed E-state index contributed by atoms with van der Waals surface area (Å²) in [5, 5.41) is 2.72. The van der Waals surface area contributed by atoms with Crippen molar-refractivity contribution in [1.82, 2.24) is 19.6 Å². The van der Waals surface area contributed by atoms with E-state index >= 15 is 0 Å². The molecular weight excluding hydrogens is 638 g/mol. The number of hydrogen-bond donors (Lipinski definition) is 1. The molecule has 236 valence electrons. The number of carbonyl (C=O) groups excluding carboxylic acids is 1. The minimum Gasteiger partial charge on any atom is -0.443 e. The Morgan fingerprint density at radius 3 is 2.54 bits per heavy atom. The van der Waals surface area contributed by atoms with Crippen LogP contribution in [0.2, 0.25) is 0 Å². The van der Waals surface area contributed by atoms with Crippen molar-refractivity contribution in [3.8, 4) is 21.8 Å². The van der Waals surface area contributed by atoms with E-state index in [1.165, 1.54) is 28.9 Å². The van der Waals surface area contributed by atoms with Crippen LogP contribution >= 0.6 is 11.3 Å². The minimum absolute atomic E-state index is 0.0328. The lowest BCUT2D eigenvalue weighted by Gasteiger charge is -2.17. The number of sulfonamides is 1. The summed E-state index contributed by atoms with van der Waals surface area (Å²) in [5.41, 5.74) is 3.78. The van der Waals surface area contributed by atoms with E-state index in [1.54, 1.807) is 31.2 Å². The number of thiophene rings is 1. The van der Waals surface area contributed by atoms with Crippen LogP contribution < -0.4 is 5.32 Å². The Hall–Kier alpha value is -4.33. The van der Waals surface area contributed by atoms with Gasteiger partial charge in [-0.2, -0.15) is 4.31 Å². The lowest BCUT2D eigenvalue weighted by molar-refractivity contribution is 0.0955. The summed E-state index contributed by atoms with van der Waals surface area (Å²) in [7, 11) is -3.93. The third kappa shape index (κ3) is 5.31. The molecule has 1 saturated heterocycles. The van der Waals surface area contributed by atoms with Gasteiger partial charge in [-0.1, -0.05) is 18.2 Å². The Balaban J connectivity index is 1.34. The summed E-state index contributed by atoms with van der Waals surface area (Å²) < 4.78 is 76.2. The number of aromatic nitrogens is 2. The van der Waals surface area contributed by atoms with Crippen LogP contribution in [0.25, 0.3) is 21.8 Å². The average molecular weight is 665 g/mol. The molecule has 7 rings (SSSR count). The molecule has 2 aliphatic rings. The number of oxazole rings is 1. The van der Waals surface area contributed by atoms with E-state index in [4.69, 9.17) is 9.40 Å². The number of amides is 1. The number of hydrogen-bond acceptors (Lipinski definition) is 7. The van der Waals surface area contributed by atoms with Crippen LogP contribution in [0.15, 0.2) is 70.3 Å². The first kappa shape index (κ1) is 30.3. The van der Waals surface area contributed by atoms with Gasteiger partial charge in [0.1, 0.15) is 10.7 Å². The largest absolute Gasteiger partial charge is 0.443 e. The Kier molecular flexibility index (Phi) is 7.78. The monoisotopic (exact) mass is 664 g/mol. The third-order valence-electron chi connectivity index (χ3n) is 8.39. The maximum Gasteiger partial charge on any atom is 0.261 e. The molecule has 0 spiro atoms. The molecule has 0 saturated carbocycles. The number of carbonyl (C=O) groups is 1. The van der Waals surface area contributed by atoms with E-state index < -0.39 is 33.6 Å². The van der Waals surface area contributed by atoms with Crippen LogP contribution in [0.1, 0.15) is 56.8 Å². The van der Waals surface area contributed by atoms with Crippen molar-refractivity contribution >= 4 is 27.3 Å². The first-order valence-corrected chi connectivity index (χ1v) is 16.9. The highest BCUT2D eigenvalue weighted by Gasteiger charge is 2.49. The fourth-order valence-corrected chi connectivity index (χ4v) is 9.28. The lowest BCUT2D eigenvalue weighted by atomic mass is 9.95. The Bertz CT molecular complexity index is 2090. The fraction of sp³-hybridized carbons (Fsp3) is 0.242. The highest BCUT2D eigenvalue weighted by Crippen LogP contribution is 2.53. The molecule has 0 aliphatic carbocycles. The average Bonchev–Trinajstić information content (AvgIpc) is 3.84. The van der Waals surface area contributed by atoms with Crippen molar-refractivity contribution in [2.24, 2.45) is 0 Å². The number of rotatable bonds is 8. The van der Waals surface area contributed by atoms with E-state index in [-0.39, 0.29) is 17.3 Å². The van der Waals surface area contributed by atoms with Crippen molar-refractivity contribution in [2.45, 2.75) is 50.1 Å². The first-order valence-electron chi connectivity index (χ1n) is 14.7. The van der Waals surface area contributed by atoms with E-state index in [9.17, 15) is 26.4 Å². The van der Waals surface area contributed by atoms with Crippen molar-refractivity contribution in [3.63, 3.8) is 0 Å². The quantitative estimate of drug-likeness (QED) is 0.197. The number of benzene rings is 2. The van der Waals surface area contributed by atoms with E-state index in [0.29, 0.717) is 75.1 Å². The summed E-state index contributed by atoms with van der Waals surface area (Å²) in [6.45, 7) is 2.11. The van der Waals surface area contributed by atoms with Crippen LogP contribution in [0, 0.1) is 24.4 Å². The van der Waals surface area contributed by atoms with Gasteiger partial charge in [-0.05, 0) is 80.1 Å². The summed E-state index contributed by atoms with van der Waals surface area (Å²) in [6.07, 6.45) is 3.56. The molecule has 1 N–H and O–H groups in total. The van der Waals surface area contributed by atoms with Crippen LogP contribution in [-0.2, 0) is 29.4 Å². The summed E-state index contributed by atoms with van der Waals surface area (Å²) in [5.74, 6) is -2.41. The molecule has 1 fully saturated rings. The molecule has 1 amide bonds. The van der Waals surface area contributed by atoms with Gasteiger partial charge in [0.15, 0.2) is 23.8 Å². The maximum absolute atomic E-state index is 14.1. The Labute approximate surface area is 267 Å². The summed E-state index contributed by atoms with van der Waals surface area (Å²) in [6, 6.07) is 12.5. The second-order valence-electron chi connectivity index (χ2n) is 11.3. The van der Waals surface area contributed by atoms with Gasteiger partial charge in [0.25, 0.3) is 5.91 Å². The zero-order chi connectivity index (χ0) is 32.2. The molecule has 0 bridgehead atoms. The van der Waals surface area contributed by atoms with Crippen molar-refractivity contribution in [3.05, 3.63) is 112 Å². The molecule has 0 radical (unpaired) electrons. The molecule has 1 atom stereocenters. The molecule has 0 unspecified atom stereocenters. The summed E-state index contributed by atoms with van der Waals surface area (Å²) in [4.78, 5) is 23.4. The number of pyridine rings is 1. The number of nitrogens with zero attached hydrogens (tertiary/aromatic N) is 3. The molecule has 5 aromatic rings. The highest BCUT2D eigenvalue weighted by molar-refractivity contribution is 7.89. The SMILES string of the molecule is Cc1ncoc1-c1c(CCc2ccc(F)cc2)nc2c(c1-c1ccc(C(=O)NCc3ccc(F)c(F)c3)s1)S(=O)(=O)N1CCC[C@@H]21. The van der Waals surface area contributed by atoms with E-state index in [0.717, 1.165) is 35.5 Å². The van der Waals surface area contributed by atoms with Gasteiger partial charge in [0.2, 0.25) is 10.0 Å². The Morgan fingerprint density at radius 2 is 1.80 bits per heavy atom. The van der Waals surface area contributed by atoms with Gasteiger partial charge >= 0.3 is 0 Å². The summed E-state index contributed by atoms with van der Waals surface area (Å²) >= 11 is 1.11. The van der Waals surface area contributed by atoms with Crippen molar-refractivity contribution in [1.29, 1.82) is 0 Å². The number of nitrogens with one attached hydrogen (secondary N) is 1. The van der Waals surface area contributed by atoms with E-state index in [1.807, 2.05) is 0 Å². The highest BCUT2D eigenvalue weighted by atomic mass is 32.2. The predicted octanol–water partition coefficient (Wildman–Crippen LogP) is 6.75. The van der Waals surface area contributed by atoms with Crippen LogP contribution in [0.5, 0.6) is 0 Å². The lowest BCUT2D eigenvalue weighted by Crippen LogP contribution is -2.23. The van der Waals surface area contributed by atoms with Crippen LogP contribution in [0.4, 0.5) is 13.2 Å². The predicted molar refractivity (Wildman–Crippen MR) is 165 cm³/mol. The second kappa shape index (κ2) is 11.8. The van der Waals surface area contributed by atoms with Gasteiger partial charge in [0, 0.05) is 23.5 Å². The molecule has 8 nitrogen and oxygen atoms in total. The molecular formula is C33H27F3N4O4S2. The molecule has 5 heterocycles. The third-order valence-corrected chi connectivity index (χ3v) is 11.5. The van der Waals surface area contributed by atoms with E-state index in [2.05, 4.69) is 10.3 Å². The molecule has 3 aromatic heterocycles. The second-order valence-corrected chi connectivity index (χ2v) is 14.2. The van der Waals surface area contributed by atoms with Gasteiger partial charge in [-0.3, -0.25) is 9.78 Å². The number of fused-ring (bicyclic) bond motifs is 3. The van der Waals surface area contributed by atoms with Gasteiger partial charge in [0.05, 0.1) is 33.6 Å². The van der Waals surface area contributed by atoms with Crippen molar-refractivity contribution in [2.75, 3.05) is 6.54 Å². The number of halogens is 3. The van der Waals surface area contributed by atoms with Gasteiger partial charge in [-0.25, -0.2) is 26.6 Å². The van der Waals surface area contributed by atoms with Gasteiger partial charge in [-0.15, -0.1) is 11.3 Å². The zero-order valence-corrected chi connectivity index (χ0v) is 26.2. The van der Waals surface area contributed by atoms with Crippen molar-refractivity contribution < 1.29 is 30.8 Å². The standard InChI is InChI=1S/C33H27F3N4O4S2/c1-18-31(44-17-38-18)28-24(11-7-19-4-8-21(34)9-5-19)39-30-25-3-2-14-40(25)46(42,43)32(30)29(28)26-12-13-27(45-26)33(41)37-16-20-6-10-22(35)23(36)15-20/h4-6,8-10,12-13,15,17,25H,2-3,7,11,14,16H2,1H3,(H,37,41)/t25-/m0/s1. The van der Waals surface area contributed by atoms with Crippen LogP contribution in [-0.4, -0.2) is 35.1 Å². The molecule has 2 aliphatic heterocycles. The smallest absolute Gasteiger partial charge is 0.261 e. The first-order chi connectivity index (χ1) is 22.1.